The highest BCUT2D eigenvalue weighted by Gasteiger charge is 2.30. The van der Waals surface area contributed by atoms with Crippen LogP contribution in [0.3, 0.4) is 0 Å². The summed E-state index contributed by atoms with van der Waals surface area (Å²) in [6.07, 6.45) is -2.87. The van der Waals surface area contributed by atoms with Gasteiger partial charge in [-0.1, -0.05) is 24.3 Å². The van der Waals surface area contributed by atoms with Crippen molar-refractivity contribution in [1.29, 1.82) is 0 Å². The summed E-state index contributed by atoms with van der Waals surface area (Å²) in [4.78, 5) is 16.8. The molecule has 0 saturated heterocycles. The third-order valence-corrected chi connectivity index (χ3v) is 5.16. The number of aromatic nitrogens is 4. The number of carbonyl (C=O) groups excluding carboxylic acids is 1. The van der Waals surface area contributed by atoms with Gasteiger partial charge < -0.3 is 9.88 Å². The normalized spacial score (nSPS) is 11.5. The van der Waals surface area contributed by atoms with Crippen molar-refractivity contribution < 1.29 is 18.0 Å². The lowest BCUT2D eigenvalue weighted by atomic mass is 10.1. The Hall–Kier alpha value is -3.53. The molecule has 0 bridgehead atoms. The molecule has 2 aromatic heterocycles. The van der Waals surface area contributed by atoms with Gasteiger partial charge in [0.2, 0.25) is 0 Å². The molecule has 152 valence electrons. The van der Waals surface area contributed by atoms with Gasteiger partial charge in [-0.2, -0.15) is 13.2 Å². The van der Waals surface area contributed by atoms with E-state index in [1.165, 1.54) is 17.5 Å². The average Bonchev–Trinajstić information content (AvgIpc) is 3.37. The van der Waals surface area contributed by atoms with Gasteiger partial charge in [0.1, 0.15) is 17.0 Å². The van der Waals surface area contributed by atoms with Crippen molar-refractivity contribution >= 4 is 22.9 Å². The van der Waals surface area contributed by atoms with Gasteiger partial charge in [-0.15, -0.1) is 21.5 Å². The van der Waals surface area contributed by atoms with E-state index in [0.29, 0.717) is 22.1 Å². The standard InChI is InChI=1S/C20H14F3N5OS/c1-28-11-24-27-17(28)12-4-3-7-15(9-12)25-18(29)16-10-30-19(26-16)13-5-2-6-14(8-13)20(21,22)23/h2-11H,1H3,(H,25,29). The molecule has 4 rings (SSSR count). The fourth-order valence-corrected chi connectivity index (χ4v) is 3.61. The molecule has 4 aromatic rings. The molecule has 1 amide bonds. The zero-order valence-electron chi connectivity index (χ0n) is 15.5. The quantitative estimate of drug-likeness (QED) is 0.502. The summed E-state index contributed by atoms with van der Waals surface area (Å²) in [7, 11) is 1.81. The van der Waals surface area contributed by atoms with Crippen molar-refractivity contribution in [1.82, 2.24) is 19.7 Å². The number of halogens is 3. The molecule has 0 radical (unpaired) electrons. The molecular formula is C20H14F3N5OS. The third-order valence-electron chi connectivity index (χ3n) is 4.26. The molecule has 6 nitrogen and oxygen atoms in total. The molecule has 0 aliphatic heterocycles. The Morgan fingerprint density at radius 2 is 1.87 bits per heavy atom. The Labute approximate surface area is 173 Å². The van der Waals surface area contributed by atoms with E-state index in [1.54, 1.807) is 29.1 Å². The van der Waals surface area contributed by atoms with E-state index >= 15 is 0 Å². The summed E-state index contributed by atoms with van der Waals surface area (Å²) in [5, 5.41) is 12.5. The second-order valence-electron chi connectivity index (χ2n) is 6.42. The summed E-state index contributed by atoms with van der Waals surface area (Å²) in [5.41, 5.74) is 0.973. The van der Waals surface area contributed by atoms with Crippen LogP contribution in [0.15, 0.2) is 60.2 Å². The van der Waals surface area contributed by atoms with Crippen LogP contribution in [0.2, 0.25) is 0 Å². The van der Waals surface area contributed by atoms with Crippen LogP contribution in [0.25, 0.3) is 22.0 Å². The van der Waals surface area contributed by atoms with Gasteiger partial charge >= 0.3 is 6.18 Å². The van der Waals surface area contributed by atoms with Crippen molar-refractivity contribution in [3.8, 4) is 22.0 Å². The molecule has 1 N–H and O–H groups in total. The smallest absolute Gasteiger partial charge is 0.321 e. The molecule has 2 heterocycles. The predicted molar refractivity (Wildman–Crippen MR) is 107 cm³/mol. The first-order chi connectivity index (χ1) is 14.3. The SMILES string of the molecule is Cn1cnnc1-c1cccc(NC(=O)c2csc(-c3cccc(C(F)(F)F)c3)n2)c1. The van der Waals surface area contributed by atoms with Gasteiger partial charge in [0, 0.05) is 29.2 Å². The maximum Gasteiger partial charge on any atom is 0.416 e. The number of amides is 1. The molecule has 0 aliphatic carbocycles. The number of anilines is 1. The number of nitrogens with one attached hydrogen (secondary N) is 1. The summed E-state index contributed by atoms with van der Waals surface area (Å²) in [6.45, 7) is 0. The molecule has 0 spiro atoms. The second kappa shape index (κ2) is 7.71. The number of alkyl halides is 3. The van der Waals surface area contributed by atoms with Crippen LogP contribution >= 0.6 is 11.3 Å². The molecular weight excluding hydrogens is 415 g/mol. The maximum absolute atomic E-state index is 12.9. The van der Waals surface area contributed by atoms with E-state index in [1.807, 2.05) is 13.1 Å². The van der Waals surface area contributed by atoms with E-state index in [0.717, 1.165) is 29.0 Å². The summed E-state index contributed by atoms with van der Waals surface area (Å²) in [6, 6.07) is 11.9. The lowest BCUT2D eigenvalue weighted by Gasteiger charge is -2.07. The number of hydrogen-bond donors (Lipinski definition) is 1. The highest BCUT2D eigenvalue weighted by atomic mass is 32.1. The minimum atomic E-state index is -4.44. The number of rotatable bonds is 4. The number of benzene rings is 2. The Balaban J connectivity index is 1.54. The van der Waals surface area contributed by atoms with Gasteiger partial charge in [-0.25, -0.2) is 4.98 Å². The van der Waals surface area contributed by atoms with Crippen molar-refractivity contribution in [3.63, 3.8) is 0 Å². The van der Waals surface area contributed by atoms with E-state index < -0.39 is 17.6 Å². The van der Waals surface area contributed by atoms with Gasteiger partial charge in [0.05, 0.1) is 5.56 Å². The van der Waals surface area contributed by atoms with E-state index in [4.69, 9.17) is 0 Å². The highest BCUT2D eigenvalue weighted by molar-refractivity contribution is 7.13. The highest BCUT2D eigenvalue weighted by Crippen LogP contribution is 2.33. The first-order valence-corrected chi connectivity index (χ1v) is 9.58. The molecule has 0 atom stereocenters. The molecule has 0 fully saturated rings. The van der Waals surface area contributed by atoms with Crippen molar-refractivity contribution in [2.24, 2.45) is 7.05 Å². The summed E-state index contributed by atoms with van der Waals surface area (Å²) < 4.78 is 40.5. The Bertz CT molecular complexity index is 1210. The number of nitrogens with zero attached hydrogens (tertiary/aromatic N) is 4. The Morgan fingerprint density at radius 3 is 2.60 bits per heavy atom. The zero-order chi connectivity index (χ0) is 21.3. The van der Waals surface area contributed by atoms with Crippen molar-refractivity contribution in [3.05, 3.63) is 71.5 Å². The van der Waals surface area contributed by atoms with Crippen LogP contribution in [0, 0.1) is 0 Å². The fourth-order valence-electron chi connectivity index (χ4n) is 2.81. The molecule has 0 saturated carbocycles. The first kappa shape index (κ1) is 19.8. The lowest BCUT2D eigenvalue weighted by molar-refractivity contribution is -0.137. The van der Waals surface area contributed by atoms with E-state index in [-0.39, 0.29) is 5.69 Å². The van der Waals surface area contributed by atoms with Gasteiger partial charge in [-0.05, 0) is 24.3 Å². The molecule has 0 aliphatic rings. The zero-order valence-corrected chi connectivity index (χ0v) is 16.3. The van der Waals surface area contributed by atoms with Crippen LogP contribution in [0.4, 0.5) is 18.9 Å². The van der Waals surface area contributed by atoms with E-state index in [2.05, 4.69) is 20.5 Å². The molecule has 0 unspecified atom stereocenters. The monoisotopic (exact) mass is 429 g/mol. The van der Waals surface area contributed by atoms with Crippen LogP contribution in [-0.2, 0) is 13.2 Å². The van der Waals surface area contributed by atoms with Crippen LogP contribution in [0.1, 0.15) is 16.1 Å². The van der Waals surface area contributed by atoms with Gasteiger partial charge in [0.15, 0.2) is 5.82 Å². The van der Waals surface area contributed by atoms with Crippen LogP contribution in [0.5, 0.6) is 0 Å². The van der Waals surface area contributed by atoms with Crippen molar-refractivity contribution in [2.45, 2.75) is 6.18 Å². The third kappa shape index (κ3) is 4.08. The van der Waals surface area contributed by atoms with Crippen molar-refractivity contribution in [2.75, 3.05) is 5.32 Å². The number of thiazole rings is 1. The number of carbonyl (C=O) groups is 1. The van der Waals surface area contributed by atoms with Crippen LogP contribution < -0.4 is 5.32 Å². The summed E-state index contributed by atoms with van der Waals surface area (Å²) in [5.74, 6) is 0.186. The maximum atomic E-state index is 12.9. The fraction of sp³-hybridized carbons (Fsp3) is 0.100. The minimum Gasteiger partial charge on any atom is -0.321 e. The topological polar surface area (TPSA) is 72.7 Å². The predicted octanol–water partition coefficient (Wildman–Crippen LogP) is 4.88. The lowest BCUT2D eigenvalue weighted by Crippen LogP contribution is -2.12. The van der Waals surface area contributed by atoms with Gasteiger partial charge in [0.25, 0.3) is 5.91 Å². The molecule has 2 aromatic carbocycles. The molecule has 10 heteroatoms. The largest absolute Gasteiger partial charge is 0.416 e. The molecule has 30 heavy (non-hydrogen) atoms. The summed E-state index contributed by atoms with van der Waals surface area (Å²) >= 11 is 1.10. The van der Waals surface area contributed by atoms with Crippen LogP contribution in [-0.4, -0.2) is 25.7 Å². The minimum absolute atomic E-state index is 0.122. The Kier molecular flexibility index (Phi) is 5.08. The second-order valence-corrected chi connectivity index (χ2v) is 7.27. The Morgan fingerprint density at radius 1 is 1.10 bits per heavy atom. The first-order valence-electron chi connectivity index (χ1n) is 8.70. The number of hydrogen-bond acceptors (Lipinski definition) is 5. The van der Waals surface area contributed by atoms with Gasteiger partial charge in [-0.3, -0.25) is 4.79 Å². The van der Waals surface area contributed by atoms with E-state index in [9.17, 15) is 18.0 Å². The average molecular weight is 429 g/mol. The number of aryl methyl sites for hydroxylation is 1.